The third kappa shape index (κ3) is 2.90. The molecule has 1 amide bonds. The number of fused-ring (bicyclic) bond motifs is 2. The molecule has 3 aromatic rings. The van der Waals surface area contributed by atoms with E-state index in [4.69, 9.17) is 4.74 Å². The lowest BCUT2D eigenvalue weighted by Crippen LogP contribution is -2.48. The van der Waals surface area contributed by atoms with Gasteiger partial charge in [0, 0.05) is 18.6 Å². The van der Waals surface area contributed by atoms with Gasteiger partial charge in [0.05, 0.1) is 11.4 Å². The number of likely N-dealkylation sites (N-methyl/N-ethyl adjacent to an activating group) is 1. The molecule has 0 radical (unpaired) electrons. The summed E-state index contributed by atoms with van der Waals surface area (Å²) in [6.07, 6.45) is 3.08. The molecule has 0 bridgehead atoms. The van der Waals surface area contributed by atoms with Gasteiger partial charge in [-0.3, -0.25) is 15.2 Å². The van der Waals surface area contributed by atoms with Crippen LogP contribution in [0.1, 0.15) is 36.2 Å². The number of hydrogen-bond acceptors (Lipinski definition) is 6. The first-order valence-electron chi connectivity index (χ1n) is 9.39. The minimum Gasteiger partial charge on any atom is -0.489 e. The number of aliphatic hydroxyl groups excluding tert-OH is 1. The summed E-state index contributed by atoms with van der Waals surface area (Å²) >= 11 is 0. The quantitative estimate of drug-likeness (QED) is 0.598. The first kappa shape index (κ1) is 17.2. The zero-order valence-corrected chi connectivity index (χ0v) is 15.4. The highest BCUT2D eigenvalue weighted by molar-refractivity contribution is 5.98. The topological polar surface area (TPSA) is 103 Å². The third-order valence-electron chi connectivity index (χ3n) is 5.40. The first-order chi connectivity index (χ1) is 13.6. The molecule has 1 fully saturated rings. The van der Waals surface area contributed by atoms with Crippen LogP contribution in [0.4, 0.5) is 5.69 Å². The predicted molar refractivity (Wildman–Crippen MR) is 103 cm³/mol. The molecule has 3 N–H and O–H groups in total. The number of aromatic nitrogens is 3. The molecule has 1 aliphatic heterocycles. The van der Waals surface area contributed by atoms with Crippen LogP contribution in [0.5, 0.6) is 5.75 Å². The summed E-state index contributed by atoms with van der Waals surface area (Å²) in [6, 6.07) is 8.70. The maximum Gasteiger partial charge on any atom is 0.247 e. The maximum atomic E-state index is 12.9. The molecular weight excluding hydrogens is 358 g/mol. The number of ether oxygens (including phenoxy) is 1. The molecule has 1 aromatic carbocycles. The number of pyridine rings is 1. The van der Waals surface area contributed by atoms with Crippen LogP contribution in [0.25, 0.3) is 11.0 Å². The number of anilines is 1. The van der Waals surface area contributed by atoms with Gasteiger partial charge >= 0.3 is 0 Å². The average molecular weight is 379 g/mol. The molecule has 2 atom stereocenters. The molecule has 2 aromatic heterocycles. The van der Waals surface area contributed by atoms with Gasteiger partial charge in [-0.05, 0) is 42.5 Å². The van der Waals surface area contributed by atoms with E-state index >= 15 is 0 Å². The summed E-state index contributed by atoms with van der Waals surface area (Å²) in [5, 5.41) is 21.6. The summed E-state index contributed by atoms with van der Waals surface area (Å²) in [7, 11) is 1.70. The Kier molecular flexibility index (Phi) is 4.03. The Hall–Kier alpha value is -2.97. The molecule has 5 rings (SSSR count). The molecule has 3 heterocycles. The second-order valence-electron chi connectivity index (χ2n) is 7.35. The number of carbonyl (C=O) groups excluding carboxylic acids is 1. The second kappa shape index (κ2) is 6.57. The number of aliphatic hydroxyl groups is 1. The summed E-state index contributed by atoms with van der Waals surface area (Å²) in [5.74, 6) is 1.01. The van der Waals surface area contributed by atoms with Crippen LogP contribution >= 0.6 is 0 Å². The number of nitrogens with one attached hydrogen (secondary N) is 2. The maximum absolute atomic E-state index is 12.9. The molecule has 1 saturated carbocycles. The minimum atomic E-state index is -1.10. The van der Waals surface area contributed by atoms with E-state index in [1.54, 1.807) is 11.9 Å². The van der Waals surface area contributed by atoms with Gasteiger partial charge in [0.15, 0.2) is 5.65 Å². The number of benzene rings is 1. The number of rotatable bonds is 4. The lowest BCUT2D eigenvalue weighted by Gasteiger charge is -2.22. The minimum absolute atomic E-state index is 0.120. The van der Waals surface area contributed by atoms with Gasteiger partial charge in [-0.15, -0.1) is 0 Å². The van der Waals surface area contributed by atoms with Crippen molar-refractivity contribution in [2.75, 3.05) is 18.6 Å². The monoisotopic (exact) mass is 379 g/mol. The van der Waals surface area contributed by atoms with Gasteiger partial charge in [-0.1, -0.05) is 12.1 Å². The summed E-state index contributed by atoms with van der Waals surface area (Å²) in [6.45, 7) is 0.120. The van der Waals surface area contributed by atoms with Crippen LogP contribution < -0.4 is 15.0 Å². The van der Waals surface area contributed by atoms with Crippen molar-refractivity contribution in [2.24, 2.45) is 0 Å². The van der Waals surface area contributed by atoms with Crippen molar-refractivity contribution in [3.8, 4) is 5.75 Å². The zero-order valence-electron chi connectivity index (χ0n) is 15.4. The van der Waals surface area contributed by atoms with E-state index in [9.17, 15) is 9.90 Å². The predicted octanol–water partition coefficient (Wildman–Crippen LogP) is 1.84. The van der Waals surface area contributed by atoms with Crippen molar-refractivity contribution >= 4 is 22.6 Å². The lowest BCUT2D eigenvalue weighted by atomic mass is 10.1. The molecule has 28 heavy (non-hydrogen) atoms. The molecule has 1 aliphatic carbocycles. The van der Waals surface area contributed by atoms with E-state index < -0.39 is 12.3 Å². The van der Waals surface area contributed by atoms with Crippen LogP contribution in [0.3, 0.4) is 0 Å². The van der Waals surface area contributed by atoms with E-state index in [1.807, 2.05) is 36.5 Å². The van der Waals surface area contributed by atoms with Crippen molar-refractivity contribution in [3.05, 3.63) is 47.8 Å². The highest BCUT2D eigenvalue weighted by Gasteiger charge is 2.32. The number of para-hydroxylation sites is 2. The molecule has 144 valence electrons. The third-order valence-corrected chi connectivity index (χ3v) is 5.40. The van der Waals surface area contributed by atoms with Gasteiger partial charge in [0.2, 0.25) is 5.91 Å². The SMILES string of the molecule is CN1C(=O)[C@@H](NC(O)c2[nH]nc3ncc(C4CC4)cc23)COc2ccccc21. The molecule has 1 unspecified atom stereocenters. The van der Waals surface area contributed by atoms with Crippen molar-refractivity contribution in [3.63, 3.8) is 0 Å². The number of aromatic amines is 1. The number of H-pyrrole nitrogens is 1. The van der Waals surface area contributed by atoms with Gasteiger partial charge in [-0.25, -0.2) is 4.98 Å². The number of hydrogen-bond donors (Lipinski definition) is 3. The number of amides is 1. The van der Waals surface area contributed by atoms with E-state index in [2.05, 4.69) is 20.5 Å². The first-order valence-corrected chi connectivity index (χ1v) is 9.39. The standard InChI is InChI=1S/C20H21N5O3/c1-25-15-4-2-3-5-16(15)28-10-14(20(25)27)22-19(26)17-13-8-12(11-6-7-11)9-21-18(13)24-23-17/h2-5,8-9,11,14,19,22,26H,6-7,10H2,1H3,(H,21,23,24)/t14-,19?/m0/s1. The van der Waals surface area contributed by atoms with E-state index in [1.165, 1.54) is 12.8 Å². The van der Waals surface area contributed by atoms with Crippen LogP contribution in [-0.4, -0.2) is 45.9 Å². The Morgan fingerprint density at radius 2 is 2.18 bits per heavy atom. The smallest absolute Gasteiger partial charge is 0.247 e. The van der Waals surface area contributed by atoms with Crippen molar-refractivity contribution < 1.29 is 14.6 Å². The Morgan fingerprint density at radius 1 is 1.36 bits per heavy atom. The van der Waals surface area contributed by atoms with Crippen LogP contribution in [0.2, 0.25) is 0 Å². The Labute approximate surface area is 161 Å². The zero-order chi connectivity index (χ0) is 19.3. The molecular formula is C20H21N5O3. The van der Waals surface area contributed by atoms with E-state index in [-0.39, 0.29) is 12.5 Å². The molecule has 0 saturated heterocycles. The van der Waals surface area contributed by atoms with Gasteiger partial charge in [-0.2, -0.15) is 5.10 Å². The van der Waals surface area contributed by atoms with Crippen molar-refractivity contribution in [2.45, 2.75) is 31.0 Å². The summed E-state index contributed by atoms with van der Waals surface area (Å²) in [4.78, 5) is 18.8. The fraction of sp³-hybridized carbons (Fsp3) is 0.350. The fourth-order valence-corrected chi connectivity index (χ4v) is 3.63. The van der Waals surface area contributed by atoms with Crippen molar-refractivity contribution in [1.29, 1.82) is 0 Å². The summed E-state index contributed by atoms with van der Waals surface area (Å²) in [5.41, 5.74) is 2.92. The Morgan fingerprint density at radius 3 is 3.00 bits per heavy atom. The highest BCUT2D eigenvalue weighted by atomic mass is 16.5. The van der Waals surface area contributed by atoms with E-state index in [0.717, 1.165) is 10.9 Å². The van der Waals surface area contributed by atoms with Gasteiger partial charge in [0.1, 0.15) is 24.6 Å². The highest BCUT2D eigenvalue weighted by Crippen LogP contribution is 2.40. The van der Waals surface area contributed by atoms with Crippen LogP contribution in [-0.2, 0) is 4.79 Å². The Balaban J connectivity index is 1.39. The second-order valence-corrected chi connectivity index (χ2v) is 7.35. The average Bonchev–Trinajstić information content (AvgIpc) is 3.49. The molecule has 0 spiro atoms. The number of nitrogens with zero attached hydrogens (tertiary/aromatic N) is 3. The summed E-state index contributed by atoms with van der Waals surface area (Å²) < 4.78 is 5.79. The fourth-order valence-electron chi connectivity index (χ4n) is 3.63. The molecule has 2 aliphatic rings. The molecule has 8 heteroatoms. The van der Waals surface area contributed by atoms with Crippen molar-refractivity contribution in [1.82, 2.24) is 20.5 Å². The largest absolute Gasteiger partial charge is 0.489 e. The normalized spacial score (nSPS) is 20.6. The molecule has 8 nitrogen and oxygen atoms in total. The Bertz CT molecular complexity index is 1050. The van der Waals surface area contributed by atoms with E-state index in [0.29, 0.717) is 28.7 Å². The van der Waals surface area contributed by atoms with Crippen LogP contribution in [0, 0.1) is 0 Å². The number of carbonyl (C=O) groups is 1. The lowest BCUT2D eigenvalue weighted by molar-refractivity contribution is -0.121. The van der Waals surface area contributed by atoms with Gasteiger partial charge < -0.3 is 14.7 Å². The van der Waals surface area contributed by atoms with Crippen LogP contribution in [0.15, 0.2) is 36.5 Å². The van der Waals surface area contributed by atoms with Gasteiger partial charge in [0.25, 0.3) is 0 Å².